The third-order valence-electron chi connectivity index (χ3n) is 8.87. The van der Waals surface area contributed by atoms with Gasteiger partial charge in [-0.15, -0.1) is 10.2 Å². The molecule has 0 radical (unpaired) electrons. The second kappa shape index (κ2) is 10.5. The van der Waals surface area contributed by atoms with Crippen LogP contribution in [0.25, 0.3) is 38.7 Å². The number of nitrogens with zero attached hydrogens (tertiary/aromatic N) is 4. The topological polar surface area (TPSA) is 33.4 Å². The second-order valence-electron chi connectivity index (χ2n) is 11.4. The van der Waals surface area contributed by atoms with Gasteiger partial charge in [-0.2, -0.15) is 0 Å². The summed E-state index contributed by atoms with van der Waals surface area (Å²) >= 11 is 0. The van der Waals surface area contributed by atoms with E-state index in [1.165, 1.54) is 48.4 Å². The van der Waals surface area contributed by atoms with Crippen molar-refractivity contribution in [2.24, 2.45) is 0 Å². The molecule has 8 rings (SSSR count). The molecule has 204 valence electrons. The molecule has 1 aliphatic carbocycles. The lowest BCUT2D eigenvalue weighted by molar-refractivity contribution is 0.444. The summed E-state index contributed by atoms with van der Waals surface area (Å²) in [7, 11) is 0. The fraction of sp³-hybridized carbons (Fsp3) is 0.158. The monoisotopic (exact) mass is 544 g/mol. The average Bonchev–Trinajstić information content (AvgIpc) is 3.52. The van der Waals surface area contributed by atoms with Crippen LogP contribution in [0.5, 0.6) is 0 Å². The van der Waals surface area contributed by atoms with Crippen molar-refractivity contribution in [3.05, 3.63) is 133 Å². The second-order valence-corrected chi connectivity index (χ2v) is 11.4. The van der Waals surface area contributed by atoms with Gasteiger partial charge >= 0.3 is 0 Å². The van der Waals surface area contributed by atoms with E-state index in [1.807, 2.05) is 0 Å². The SMILES string of the molecule is c1ccc(N(c2ccccc2)c2ccc(-c3nnc4c5ccccc5c5cc(C6CCCCC6)ccc5n34)cc2)cc1. The van der Waals surface area contributed by atoms with Crippen molar-refractivity contribution in [2.45, 2.75) is 38.0 Å². The van der Waals surface area contributed by atoms with E-state index in [9.17, 15) is 0 Å². The maximum atomic E-state index is 4.77. The van der Waals surface area contributed by atoms with Gasteiger partial charge in [0.1, 0.15) is 0 Å². The van der Waals surface area contributed by atoms with Gasteiger partial charge in [0.25, 0.3) is 0 Å². The van der Waals surface area contributed by atoms with E-state index in [-0.39, 0.29) is 0 Å². The Morgan fingerprint density at radius 3 is 1.86 bits per heavy atom. The zero-order chi connectivity index (χ0) is 27.9. The van der Waals surface area contributed by atoms with Crippen LogP contribution < -0.4 is 4.90 Å². The summed E-state index contributed by atoms with van der Waals surface area (Å²) in [4.78, 5) is 2.28. The predicted molar refractivity (Wildman–Crippen MR) is 174 cm³/mol. The molecule has 0 atom stereocenters. The molecule has 1 fully saturated rings. The highest BCUT2D eigenvalue weighted by Gasteiger charge is 2.20. The standard InChI is InChI=1S/C38H32N4/c1-4-12-27(13-5-1)29-22-25-36-35(26-29)33-18-10-11-19-34(33)38-40-39-37(42(36)38)28-20-23-32(24-21-28)41(30-14-6-2-7-15-30)31-16-8-3-9-17-31/h2-3,6-11,14-27H,1,4-5,12-13H2. The number of hydrogen-bond acceptors (Lipinski definition) is 3. The van der Waals surface area contributed by atoms with Crippen molar-refractivity contribution < 1.29 is 0 Å². The zero-order valence-electron chi connectivity index (χ0n) is 23.5. The normalized spacial score (nSPS) is 14.1. The number of pyridine rings is 1. The van der Waals surface area contributed by atoms with Crippen molar-refractivity contribution >= 4 is 44.4 Å². The zero-order valence-corrected chi connectivity index (χ0v) is 23.5. The van der Waals surface area contributed by atoms with Crippen LogP contribution in [0.4, 0.5) is 17.1 Å². The largest absolute Gasteiger partial charge is 0.311 e. The van der Waals surface area contributed by atoms with Crippen LogP contribution in [-0.4, -0.2) is 14.6 Å². The van der Waals surface area contributed by atoms with Crippen LogP contribution in [-0.2, 0) is 0 Å². The van der Waals surface area contributed by atoms with Gasteiger partial charge in [0, 0.05) is 33.4 Å². The van der Waals surface area contributed by atoms with Crippen LogP contribution >= 0.6 is 0 Å². The Balaban J connectivity index is 1.27. The lowest BCUT2D eigenvalue weighted by Crippen LogP contribution is -2.09. The fourth-order valence-corrected chi connectivity index (χ4v) is 6.80. The van der Waals surface area contributed by atoms with Crippen LogP contribution in [0.3, 0.4) is 0 Å². The summed E-state index contributed by atoms with van der Waals surface area (Å²) in [5, 5.41) is 13.2. The third kappa shape index (κ3) is 4.22. The molecule has 0 aliphatic heterocycles. The molecule has 42 heavy (non-hydrogen) atoms. The summed E-state index contributed by atoms with van der Waals surface area (Å²) in [5.74, 6) is 1.52. The number of fused-ring (bicyclic) bond motifs is 6. The summed E-state index contributed by atoms with van der Waals surface area (Å²) in [5.41, 5.74) is 7.90. The maximum absolute atomic E-state index is 4.77. The average molecular weight is 545 g/mol. The Morgan fingerprint density at radius 2 is 1.17 bits per heavy atom. The van der Waals surface area contributed by atoms with Crippen LogP contribution in [0.15, 0.2) is 127 Å². The lowest BCUT2D eigenvalue weighted by Gasteiger charge is -2.25. The molecular weight excluding hydrogens is 512 g/mol. The first-order chi connectivity index (χ1) is 20.8. The molecule has 0 spiro atoms. The smallest absolute Gasteiger partial charge is 0.169 e. The molecule has 0 bridgehead atoms. The number of aromatic nitrogens is 3. The first-order valence-corrected chi connectivity index (χ1v) is 15.1. The molecule has 0 saturated heterocycles. The third-order valence-corrected chi connectivity index (χ3v) is 8.87. The quantitative estimate of drug-likeness (QED) is 0.202. The summed E-state index contributed by atoms with van der Waals surface area (Å²) in [6.07, 6.45) is 6.61. The number of hydrogen-bond donors (Lipinski definition) is 0. The van der Waals surface area contributed by atoms with Gasteiger partial charge in [-0.1, -0.05) is 86.0 Å². The minimum absolute atomic E-state index is 0.655. The fourth-order valence-electron chi connectivity index (χ4n) is 6.80. The molecule has 2 aromatic heterocycles. The van der Waals surface area contributed by atoms with E-state index in [0.717, 1.165) is 45.0 Å². The van der Waals surface area contributed by atoms with Gasteiger partial charge in [-0.3, -0.25) is 4.40 Å². The van der Waals surface area contributed by atoms with Crippen molar-refractivity contribution in [3.63, 3.8) is 0 Å². The van der Waals surface area contributed by atoms with Crippen LogP contribution in [0.2, 0.25) is 0 Å². The highest BCUT2D eigenvalue weighted by Crippen LogP contribution is 2.39. The van der Waals surface area contributed by atoms with Crippen molar-refractivity contribution in [1.82, 2.24) is 14.6 Å². The molecule has 0 N–H and O–H groups in total. The van der Waals surface area contributed by atoms with E-state index in [1.54, 1.807) is 0 Å². The molecule has 7 aromatic rings. The van der Waals surface area contributed by atoms with Gasteiger partial charge in [-0.05, 0) is 90.4 Å². The summed E-state index contributed by atoms with van der Waals surface area (Å²) < 4.78 is 2.25. The molecule has 1 saturated carbocycles. The van der Waals surface area contributed by atoms with Gasteiger partial charge in [0.2, 0.25) is 0 Å². The summed E-state index contributed by atoms with van der Waals surface area (Å²) in [6.45, 7) is 0. The van der Waals surface area contributed by atoms with Crippen molar-refractivity contribution in [2.75, 3.05) is 4.90 Å². The number of rotatable bonds is 5. The molecule has 4 nitrogen and oxygen atoms in total. The molecule has 0 amide bonds. The van der Waals surface area contributed by atoms with Gasteiger partial charge < -0.3 is 4.90 Å². The summed E-state index contributed by atoms with van der Waals surface area (Å²) in [6, 6.07) is 45.4. The Bertz CT molecular complexity index is 1970. The van der Waals surface area contributed by atoms with E-state index in [0.29, 0.717) is 5.92 Å². The molecule has 2 heterocycles. The van der Waals surface area contributed by atoms with Gasteiger partial charge in [-0.25, -0.2) is 0 Å². The minimum atomic E-state index is 0.655. The van der Waals surface area contributed by atoms with E-state index in [4.69, 9.17) is 10.2 Å². The van der Waals surface area contributed by atoms with Crippen molar-refractivity contribution in [1.29, 1.82) is 0 Å². The Hall–Kier alpha value is -4.96. The number of para-hydroxylation sites is 2. The molecule has 0 unspecified atom stereocenters. The van der Waals surface area contributed by atoms with E-state index >= 15 is 0 Å². The Labute approximate surface area is 245 Å². The van der Waals surface area contributed by atoms with Crippen LogP contribution in [0, 0.1) is 0 Å². The lowest BCUT2D eigenvalue weighted by atomic mass is 9.83. The van der Waals surface area contributed by atoms with Crippen LogP contribution in [0.1, 0.15) is 43.6 Å². The minimum Gasteiger partial charge on any atom is -0.311 e. The van der Waals surface area contributed by atoms with E-state index in [2.05, 4.69) is 137 Å². The van der Waals surface area contributed by atoms with Gasteiger partial charge in [0.15, 0.2) is 11.5 Å². The molecular formula is C38H32N4. The van der Waals surface area contributed by atoms with Gasteiger partial charge in [0.05, 0.1) is 5.52 Å². The molecule has 4 heteroatoms. The Kier molecular flexibility index (Phi) is 6.18. The molecule has 5 aromatic carbocycles. The highest BCUT2D eigenvalue weighted by molar-refractivity contribution is 6.12. The van der Waals surface area contributed by atoms with Crippen molar-refractivity contribution in [3.8, 4) is 11.4 Å². The first kappa shape index (κ1) is 24.8. The number of benzene rings is 5. The van der Waals surface area contributed by atoms with E-state index < -0.39 is 0 Å². The first-order valence-electron chi connectivity index (χ1n) is 15.1. The predicted octanol–water partition coefficient (Wildman–Crippen LogP) is 10.2. The Morgan fingerprint density at radius 1 is 0.548 bits per heavy atom. The number of anilines is 3. The molecule has 1 aliphatic rings. The highest BCUT2D eigenvalue weighted by atomic mass is 15.2. The maximum Gasteiger partial charge on any atom is 0.169 e.